The van der Waals surface area contributed by atoms with Gasteiger partial charge >= 0.3 is 5.97 Å². The van der Waals surface area contributed by atoms with E-state index in [0.717, 1.165) is 0 Å². The summed E-state index contributed by atoms with van der Waals surface area (Å²) < 4.78 is 30.0. The number of hydrogen-bond donors (Lipinski definition) is 0. The molecule has 0 aliphatic rings. The van der Waals surface area contributed by atoms with E-state index in [1.165, 1.54) is 13.2 Å². The van der Waals surface area contributed by atoms with Gasteiger partial charge in [-0.25, -0.2) is 8.78 Å². The fourth-order valence-electron chi connectivity index (χ4n) is 1.19. The fraction of sp³-hybridized carbons (Fsp3) is 0.400. The maximum absolute atomic E-state index is 12.5. The Kier molecular flexibility index (Phi) is 4.35. The predicted molar refractivity (Wildman–Crippen MR) is 57.4 cm³/mol. The monoisotopic (exact) mass is 293 g/mol. The van der Waals surface area contributed by atoms with Crippen LogP contribution in [0.25, 0.3) is 0 Å². The molecule has 3 nitrogen and oxygen atoms in total. The zero-order valence-electron chi connectivity index (χ0n) is 8.76. The number of hydrogen-bond acceptors (Lipinski definition) is 3. The lowest BCUT2D eigenvalue weighted by Crippen LogP contribution is -2.09. The minimum atomic E-state index is -2.65. The molecule has 0 atom stereocenters. The molecule has 1 aromatic heterocycles. The topological polar surface area (TPSA) is 39.2 Å². The molecule has 0 unspecified atom stereocenters. The van der Waals surface area contributed by atoms with Crippen molar-refractivity contribution >= 4 is 21.9 Å². The molecular weight excluding hydrogens is 284 g/mol. The van der Waals surface area contributed by atoms with E-state index in [0.29, 0.717) is 10.0 Å². The second-order valence-corrected chi connectivity index (χ2v) is 3.97. The van der Waals surface area contributed by atoms with Crippen LogP contribution in [-0.2, 0) is 16.0 Å². The molecule has 0 fully saturated rings. The predicted octanol–water partition coefficient (Wildman–Crippen LogP) is 2.81. The second-order valence-electron chi connectivity index (χ2n) is 3.18. The Morgan fingerprint density at radius 3 is 2.75 bits per heavy atom. The Morgan fingerprint density at radius 1 is 1.62 bits per heavy atom. The zero-order valence-corrected chi connectivity index (χ0v) is 10.3. The minimum Gasteiger partial charge on any atom is -0.469 e. The Labute approximate surface area is 99.9 Å². The van der Waals surface area contributed by atoms with Crippen LogP contribution in [0.3, 0.4) is 0 Å². The van der Waals surface area contributed by atoms with Crippen LogP contribution >= 0.6 is 15.9 Å². The SMILES string of the molecule is COC(=O)Cc1nc(C(F)F)cc(C)c1Br. The average Bonchev–Trinajstić information content (AvgIpc) is 2.23. The number of carbonyl (C=O) groups excluding carboxylic acids is 1. The Hall–Kier alpha value is -1.04. The van der Waals surface area contributed by atoms with Crippen molar-refractivity contribution in [2.45, 2.75) is 19.8 Å². The zero-order chi connectivity index (χ0) is 12.3. The van der Waals surface area contributed by atoms with Crippen molar-refractivity contribution in [1.29, 1.82) is 0 Å². The van der Waals surface area contributed by atoms with E-state index in [4.69, 9.17) is 0 Å². The highest BCUT2D eigenvalue weighted by Gasteiger charge is 2.16. The van der Waals surface area contributed by atoms with Crippen molar-refractivity contribution in [3.8, 4) is 0 Å². The summed E-state index contributed by atoms with van der Waals surface area (Å²) >= 11 is 3.21. The average molecular weight is 294 g/mol. The van der Waals surface area contributed by atoms with Crippen LogP contribution in [-0.4, -0.2) is 18.1 Å². The van der Waals surface area contributed by atoms with Gasteiger partial charge in [0.05, 0.1) is 19.2 Å². The van der Waals surface area contributed by atoms with E-state index in [-0.39, 0.29) is 17.8 Å². The first-order valence-electron chi connectivity index (χ1n) is 4.46. The molecule has 6 heteroatoms. The number of aryl methyl sites for hydroxylation is 1. The smallest absolute Gasteiger partial charge is 0.311 e. The molecule has 1 rings (SSSR count). The Morgan fingerprint density at radius 2 is 2.25 bits per heavy atom. The number of rotatable bonds is 3. The lowest BCUT2D eigenvalue weighted by Gasteiger charge is -2.08. The van der Waals surface area contributed by atoms with E-state index in [1.54, 1.807) is 6.92 Å². The first-order chi connectivity index (χ1) is 7.45. The molecule has 1 heterocycles. The molecule has 88 valence electrons. The van der Waals surface area contributed by atoms with Gasteiger partial charge in [0.25, 0.3) is 6.43 Å². The first kappa shape index (κ1) is 13.0. The standard InChI is InChI=1S/C10H10BrF2NO2/c1-5-3-7(10(12)13)14-6(9(5)11)4-8(15)16-2/h3,10H,4H2,1-2H3. The third kappa shape index (κ3) is 2.98. The molecular formula is C10H10BrF2NO2. The molecule has 0 aliphatic carbocycles. The number of pyridine rings is 1. The summed E-state index contributed by atoms with van der Waals surface area (Å²) in [5.41, 5.74) is 0.547. The summed E-state index contributed by atoms with van der Waals surface area (Å²) in [4.78, 5) is 14.8. The maximum atomic E-state index is 12.5. The maximum Gasteiger partial charge on any atom is 0.311 e. The van der Waals surface area contributed by atoms with Crippen LogP contribution < -0.4 is 0 Å². The van der Waals surface area contributed by atoms with Crippen molar-refractivity contribution in [3.05, 3.63) is 27.5 Å². The highest BCUT2D eigenvalue weighted by atomic mass is 79.9. The second kappa shape index (κ2) is 5.34. The number of nitrogens with zero attached hydrogens (tertiary/aromatic N) is 1. The van der Waals surface area contributed by atoms with Gasteiger partial charge in [0.1, 0.15) is 5.69 Å². The number of aromatic nitrogens is 1. The molecule has 0 aliphatic heterocycles. The lowest BCUT2D eigenvalue weighted by atomic mass is 10.2. The number of ether oxygens (including phenoxy) is 1. The summed E-state index contributed by atoms with van der Waals surface area (Å²) in [5.74, 6) is -0.515. The number of halogens is 3. The van der Waals surface area contributed by atoms with Crippen LogP contribution in [0.15, 0.2) is 10.5 Å². The third-order valence-electron chi connectivity index (χ3n) is 1.99. The van der Waals surface area contributed by atoms with Crippen LogP contribution in [0.1, 0.15) is 23.4 Å². The summed E-state index contributed by atoms with van der Waals surface area (Å²) in [5, 5.41) is 0. The Bertz CT molecular complexity index is 410. The summed E-state index contributed by atoms with van der Waals surface area (Å²) in [6, 6.07) is 1.29. The van der Waals surface area contributed by atoms with Crippen molar-refractivity contribution in [3.63, 3.8) is 0 Å². The Balaban J connectivity index is 3.11. The largest absolute Gasteiger partial charge is 0.469 e. The molecule has 16 heavy (non-hydrogen) atoms. The molecule has 0 saturated heterocycles. The van der Waals surface area contributed by atoms with Crippen molar-refractivity contribution in [1.82, 2.24) is 4.98 Å². The van der Waals surface area contributed by atoms with Gasteiger partial charge < -0.3 is 4.74 Å². The van der Waals surface area contributed by atoms with Crippen molar-refractivity contribution in [2.24, 2.45) is 0 Å². The minimum absolute atomic E-state index is 0.127. The number of carbonyl (C=O) groups is 1. The molecule has 0 spiro atoms. The van der Waals surface area contributed by atoms with Crippen LogP contribution in [0, 0.1) is 6.92 Å². The van der Waals surface area contributed by atoms with Crippen molar-refractivity contribution in [2.75, 3.05) is 7.11 Å². The van der Waals surface area contributed by atoms with Gasteiger partial charge in [-0.1, -0.05) is 0 Å². The highest BCUT2D eigenvalue weighted by molar-refractivity contribution is 9.10. The highest BCUT2D eigenvalue weighted by Crippen LogP contribution is 2.25. The van der Waals surface area contributed by atoms with Crippen LogP contribution in [0.5, 0.6) is 0 Å². The van der Waals surface area contributed by atoms with E-state index in [1.807, 2.05) is 0 Å². The molecule has 0 saturated carbocycles. The fourth-order valence-corrected chi connectivity index (χ4v) is 1.53. The van der Waals surface area contributed by atoms with E-state index in [2.05, 4.69) is 25.7 Å². The van der Waals surface area contributed by atoms with Crippen LogP contribution in [0.4, 0.5) is 8.78 Å². The summed E-state index contributed by atoms with van der Waals surface area (Å²) in [6.45, 7) is 1.67. The molecule has 0 radical (unpaired) electrons. The lowest BCUT2D eigenvalue weighted by molar-refractivity contribution is -0.139. The van der Waals surface area contributed by atoms with E-state index < -0.39 is 12.4 Å². The van der Waals surface area contributed by atoms with Gasteiger partial charge in [0, 0.05) is 4.47 Å². The molecule has 0 bridgehead atoms. The third-order valence-corrected chi connectivity index (χ3v) is 3.07. The van der Waals surface area contributed by atoms with Gasteiger partial charge in [0.2, 0.25) is 0 Å². The molecule has 0 aromatic carbocycles. The quantitative estimate of drug-likeness (QED) is 0.805. The van der Waals surface area contributed by atoms with Gasteiger partial charge in [0.15, 0.2) is 0 Å². The number of esters is 1. The number of methoxy groups -OCH3 is 1. The van der Waals surface area contributed by atoms with E-state index >= 15 is 0 Å². The van der Waals surface area contributed by atoms with E-state index in [9.17, 15) is 13.6 Å². The normalized spacial score (nSPS) is 10.6. The van der Waals surface area contributed by atoms with Crippen molar-refractivity contribution < 1.29 is 18.3 Å². The summed E-state index contributed by atoms with van der Waals surface area (Å²) in [6.07, 6.45) is -2.78. The van der Waals surface area contributed by atoms with Gasteiger partial charge in [-0.2, -0.15) is 0 Å². The van der Waals surface area contributed by atoms with Gasteiger partial charge in [-0.15, -0.1) is 0 Å². The summed E-state index contributed by atoms with van der Waals surface area (Å²) in [7, 11) is 1.24. The molecule has 1 aromatic rings. The van der Waals surface area contributed by atoms with Gasteiger partial charge in [-0.3, -0.25) is 9.78 Å². The number of alkyl halides is 2. The molecule has 0 amide bonds. The van der Waals surface area contributed by atoms with Crippen LogP contribution in [0.2, 0.25) is 0 Å². The molecule has 0 N–H and O–H groups in total. The van der Waals surface area contributed by atoms with Gasteiger partial charge in [-0.05, 0) is 34.5 Å². The first-order valence-corrected chi connectivity index (χ1v) is 5.26.